The summed E-state index contributed by atoms with van der Waals surface area (Å²) < 4.78 is 5.92. The number of rotatable bonds is 8. The summed E-state index contributed by atoms with van der Waals surface area (Å²) in [7, 11) is 0. The Bertz CT molecular complexity index is 1340. The molecule has 2 aromatic carbocycles. The molecule has 1 saturated heterocycles. The average Bonchev–Trinajstić information content (AvgIpc) is 3.36. The maximum absolute atomic E-state index is 13.3. The number of Topliss-reactive ketones (excluding diaryl/α,β-unsaturated/α-hetero) is 2. The van der Waals surface area contributed by atoms with Gasteiger partial charge in [0.2, 0.25) is 0 Å². The van der Waals surface area contributed by atoms with Crippen molar-refractivity contribution in [2.24, 2.45) is 5.92 Å². The summed E-state index contributed by atoms with van der Waals surface area (Å²) in [5.41, 5.74) is 1.45. The number of benzene rings is 2. The second-order valence-corrected chi connectivity index (χ2v) is 10.1. The third-order valence-electron chi connectivity index (χ3n) is 5.94. The minimum absolute atomic E-state index is 0.0391. The van der Waals surface area contributed by atoms with Crippen molar-refractivity contribution in [1.29, 1.82) is 0 Å². The van der Waals surface area contributed by atoms with Gasteiger partial charge in [0, 0.05) is 12.5 Å². The number of hydrogen-bond donors (Lipinski definition) is 1. The number of carbonyl (C=O) groups excluding carboxylic acids is 3. The van der Waals surface area contributed by atoms with Crippen LogP contribution in [-0.2, 0) is 9.59 Å². The monoisotopic (exact) mass is 504 g/mol. The first kappa shape index (κ1) is 25.3. The van der Waals surface area contributed by atoms with Crippen LogP contribution in [0, 0.1) is 12.8 Å². The second kappa shape index (κ2) is 10.5. The first-order chi connectivity index (χ1) is 17.2. The number of ether oxygens (including phenoxy) is 1. The van der Waals surface area contributed by atoms with Crippen molar-refractivity contribution in [3.8, 4) is 5.75 Å². The van der Waals surface area contributed by atoms with Crippen LogP contribution in [0.4, 0.5) is 5.13 Å². The first-order valence-corrected chi connectivity index (χ1v) is 12.6. The minimum Gasteiger partial charge on any atom is -0.507 e. The van der Waals surface area contributed by atoms with Crippen molar-refractivity contribution in [2.45, 2.75) is 40.2 Å². The standard InChI is InChI=1S/C28H28N2O5S/c1-16(2)13-14-35-21-12-8-11-20(15-21)23-22(24(32)19-9-6-5-7-10-19)25(33)27(34)30(23)28-29-17(3)26(36-28)18(4)31/h5-12,15-16,23,32H,13-14H2,1-4H3. The number of anilines is 1. The predicted molar refractivity (Wildman–Crippen MR) is 139 cm³/mol. The molecule has 1 amide bonds. The molecule has 0 bridgehead atoms. The van der Waals surface area contributed by atoms with Gasteiger partial charge in [0.05, 0.1) is 28.8 Å². The minimum atomic E-state index is -0.941. The fourth-order valence-corrected chi connectivity index (χ4v) is 5.08. The van der Waals surface area contributed by atoms with Crippen LogP contribution < -0.4 is 9.64 Å². The van der Waals surface area contributed by atoms with Gasteiger partial charge in [-0.15, -0.1) is 0 Å². The number of ketones is 2. The summed E-state index contributed by atoms with van der Waals surface area (Å²) in [6.07, 6.45) is 0.878. The van der Waals surface area contributed by atoms with E-state index in [9.17, 15) is 19.5 Å². The number of aromatic nitrogens is 1. The molecule has 0 aliphatic carbocycles. The third kappa shape index (κ3) is 4.95. The van der Waals surface area contributed by atoms with E-state index in [1.165, 1.54) is 11.8 Å². The van der Waals surface area contributed by atoms with E-state index >= 15 is 0 Å². The molecule has 3 aromatic rings. The molecule has 36 heavy (non-hydrogen) atoms. The zero-order valence-corrected chi connectivity index (χ0v) is 21.5. The Balaban J connectivity index is 1.86. The van der Waals surface area contributed by atoms with Crippen molar-refractivity contribution in [2.75, 3.05) is 11.5 Å². The molecule has 7 nitrogen and oxygen atoms in total. The molecule has 1 atom stereocenters. The van der Waals surface area contributed by atoms with Crippen LogP contribution in [-0.4, -0.2) is 34.2 Å². The van der Waals surface area contributed by atoms with Crippen LogP contribution in [0.15, 0.2) is 60.2 Å². The van der Waals surface area contributed by atoms with Crippen molar-refractivity contribution in [3.05, 3.63) is 81.9 Å². The van der Waals surface area contributed by atoms with Crippen molar-refractivity contribution >= 4 is 39.7 Å². The highest BCUT2D eigenvalue weighted by Crippen LogP contribution is 2.44. The summed E-state index contributed by atoms with van der Waals surface area (Å²) in [5, 5.41) is 11.4. The fraction of sp³-hybridized carbons (Fsp3) is 0.286. The first-order valence-electron chi connectivity index (χ1n) is 11.8. The quantitative estimate of drug-likeness (QED) is 0.183. The number of amides is 1. The van der Waals surface area contributed by atoms with Crippen LogP contribution in [0.2, 0.25) is 0 Å². The maximum atomic E-state index is 13.3. The maximum Gasteiger partial charge on any atom is 0.301 e. The van der Waals surface area contributed by atoms with Gasteiger partial charge in [0.25, 0.3) is 5.78 Å². The highest BCUT2D eigenvalue weighted by atomic mass is 32.1. The molecule has 1 aliphatic heterocycles. The number of carbonyl (C=O) groups is 3. The zero-order chi connectivity index (χ0) is 26.0. The number of thiazole rings is 1. The van der Waals surface area contributed by atoms with Crippen molar-refractivity contribution < 1.29 is 24.2 Å². The van der Waals surface area contributed by atoms with Gasteiger partial charge in [0.1, 0.15) is 11.5 Å². The Morgan fingerprint density at radius 3 is 2.50 bits per heavy atom. The van der Waals surface area contributed by atoms with Crippen LogP contribution in [0.25, 0.3) is 5.76 Å². The van der Waals surface area contributed by atoms with E-state index in [1.807, 2.05) is 6.07 Å². The average molecular weight is 505 g/mol. The molecule has 0 spiro atoms. The molecule has 8 heteroatoms. The molecular weight excluding hydrogens is 476 g/mol. The lowest BCUT2D eigenvalue weighted by Crippen LogP contribution is -2.29. The topological polar surface area (TPSA) is 96.8 Å². The van der Waals surface area contributed by atoms with Gasteiger partial charge in [-0.2, -0.15) is 0 Å². The lowest BCUT2D eigenvalue weighted by atomic mass is 9.95. The van der Waals surface area contributed by atoms with Crippen molar-refractivity contribution in [1.82, 2.24) is 4.98 Å². The lowest BCUT2D eigenvalue weighted by molar-refractivity contribution is -0.132. The van der Waals surface area contributed by atoms with E-state index in [0.717, 1.165) is 17.8 Å². The second-order valence-electron chi connectivity index (χ2n) is 9.11. The zero-order valence-electron chi connectivity index (χ0n) is 20.6. The SMILES string of the molecule is CC(=O)c1sc(N2C(=O)C(=O)C(=C(O)c3ccccc3)C2c2cccc(OCCC(C)C)c2)nc1C. The number of aliphatic hydroxyl groups excluding tert-OH is 1. The summed E-state index contributed by atoms with van der Waals surface area (Å²) in [6, 6.07) is 14.8. The normalized spacial score (nSPS) is 17.1. The lowest BCUT2D eigenvalue weighted by Gasteiger charge is -2.23. The largest absolute Gasteiger partial charge is 0.507 e. The molecule has 4 rings (SSSR count). The van der Waals surface area contributed by atoms with Gasteiger partial charge in [-0.3, -0.25) is 19.3 Å². The van der Waals surface area contributed by atoms with E-state index in [1.54, 1.807) is 55.5 Å². The van der Waals surface area contributed by atoms with Gasteiger partial charge < -0.3 is 9.84 Å². The van der Waals surface area contributed by atoms with Gasteiger partial charge in [0.15, 0.2) is 10.9 Å². The molecule has 1 unspecified atom stereocenters. The predicted octanol–water partition coefficient (Wildman–Crippen LogP) is 5.71. The Morgan fingerprint density at radius 2 is 1.86 bits per heavy atom. The van der Waals surface area contributed by atoms with Gasteiger partial charge in [-0.25, -0.2) is 4.98 Å². The number of hydrogen-bond acceptors (Lipinski definition) is 7. The Kier molecular flexibility index (Phi) is 7.35. The van der Waals surface area contributed by atoms with E-state index in [0.29, 0.717) is 40.0 Å². The third-order valence-corrected chi connectivity index (χ3v) is 7.20. The summed E-state index contributed by atoms with van der Waals surface area (Å²) in [6.45, 7) is 7.88. The van der Waals surface area contributed by atoms with Crippen molar-refractivity contribution in [3.63, 3.8) is 0 Å². The molecule has 1 aliphatic rings. The number of aliphatic hydroxyl groups is 1. The van der Waals surface area contributed by atoms with Crippen LogP contribution >= 0.6 is 11.3 Å². The van der Waals surface area contributed by atoms with Gasteiger partial charge in [-0.05, 0) is 37.0 Å². The highest BCUT2D eigenvalue weighted by molar-refractivity contribution is 7.18. The highest BCUT2D eigenvalue weighted by Gasteiger charge is 2.48. The smallest absolute Gasteiger partial charge is 0.301 e. The van der Waals surface area contributed by atoms with Crippen LogP contribution in [0.5, 0.6) is 5.75 Å². The van der Waals surface area contributed by atoms with Gasteiger partial charge in [-0.1, -0.05) is 67.6 Å². The Labute approximate surface area is 214 Å². The Hall–Kier alpha value is -3.78. The summed E-state index contributed by atoms with van der Waals surface area (Å²) in [5.74, 6) is -0.994. The summed E-state index contributed by atoms with van der Waals surface area (Å²) >= 11 is 1.06. The Morgan fingerprint density at radius 1 is 1.14 bits per heavy atom. The number of nitrogens with zero attached hydrogens (tertiary/aromatic N) is 2. The van der Waals surface area contributed by atoms with E-state index in [4.69, 9.17) is 4.74 Å². The fourth-order valence-electron chi connectivity index (χ4n) is 4.10. The molecule has 1 aromatic heterocycles. The van der Waals surface area contributed by atoms with E-state index in [-0.39, 0.29) is 22.2 Å². The molecule has 186 valence electrons. The van der Waals surface area contributed by atoms with E-state index in [2.05, 4.69) is 18.8 Å². The molecule has 0 saturated carbocycles. The molecule has 1 fully saturated rings. The van der Waals surface area contributed by atoms with Gasteiger partial charge >= 0.3 is 5.91 Å². The number of aryl methyl sites for hydroxylation is 1. The van der Waals surface area contributed by atoms with Crippen LogP contribution in [0.1, 0.15) is 59.7 Å². The molecule has 1 N–H and O–H groups in total. The molecule has 2 heterocycles. The molecular formula is C28H28N2O5S. The van der Waals surface area contributed by atoms with E-state index < -0.39 is 17.7 Å². The molecule has 0 radical (unpaired) electrons. The van der Waals surface area contributed by atoms with Crippen LogP contribution in [0.3, 0.4) is 0 Å². The summed E-state index contributed by atoms with van der Waals surface area (Å²) in [4.78, 5) is 44.9.